The summed E-state index contributed by atoms with van der Waals surface area (Å²) in [6.07, 6.45) is 7.09. The van der Waals surface area contributed by atoms with Gasteiger partial charge < -0.3 is 15.7 Å². The lowest BCUT2D eigenvalue weighted by Gasteiger charge is -2.08. The van der Waals surface area contributed by atoms with Crippen LogP contribution in [0.2, 0.25) is 0 Å². The van der Waals surface area contributed by atoms with E-state index in [0.717, 1.165) is 27.9 Å². The number of primary amides is 1. The molecule has 0 bridgehead atoms. The Morgan fingerprint density at radius 3 is 2.50 bits per heavy atom. The van der Waals surface area contributed by atoms with Crippen molar-refractivity contribution in [2.24, 2.45) is 5.73 Å². The number of nitrogens with two attached hydrogens (primary N) is 1. The van der Waals surface area contributed by atoms with Gasteiger partial charge in [-0.15, -0.1) is 6.42 Å². The van der Waals surface area contributed by atoms with Gasteiger partial charge in [0.25, 0.3) is 11.8 Å². The SMILES string of the molecule is C#Cc1cccc(-c2cc(-c3ccc(C)nc3)cc(C(N)=O)n2)c1.CN1CC[C@H](O)C1=O. The van der Waals surface area contributed by atoms with Crippen molar-refractivity contribution in [1.29, 1.82) is 0 Å². The number of aliphatic hydroxyl groups is 1. The number of likely N-dealkylation sites (tertiary alicyclic amines) is 1. The number of carbonyl (C=O) groups is 2. The molecule has 0 saturated carbocycles. The summed E-state index contributed by atoms with van der Waals surface area (Å²) >= 11 is 0. The predicted octanol–water partition coefficient (Wildman–Crippen LogP) is 2.41. The summed E-state index contributed by atoms with van der Waals surface area (Å²) < 4.78 is 0. The van der Waals surface area contributed by atoms with E-state index in [1.165, 1.54) is 4.90 Å². The maximum Gasteiger partial charge on any atom is 0.267 e. The van der Waals surface area contributed by atoms with E-state index in [-0.39, 0.29) is 11.6 Å². The van der Waals surface area contributed by atoms with Gasteiger partial charge in [0.2, 0.25) is 0 Å². The van der Waals surface area contributed by atoms with Gasteiger partial charge in [-0.2, -0.15) is 0 Å². The van der Waals surface area contributed by atoms with Crippen molar-refractivity contribution >= 4 is 11.8 Å². The Hall–Kier alpha value is -4.02. The summed E-state index contributed by atoms with van der Waals surface area (Å²) in [5.74, 6) is 1.87. The molecule has 7 heteroatoms. The van der Waals surface area contributed by atoms with Gasteiger partial charge in [0, 0.05) is 42.2 Å². The third kappa shape index (κ3) is 5.36. The van der Waals surface area contributed by atoms with Gasteiger partial charge in [0.15, 0.2) is 0 Å². The number of nitrogens with zero attached hydrogens (tertiary/aromatic N) is 3. The van der Waals surface area contributed by atoms with Crippen LogP contribution in [0.1, 0.15) is 28.2 Å². The fraction of sp³-hybridized carbons (Fsp3) is 0.200. The lowest BCUT2D eigenvalue weighted by molar-refractivity contribution is -0.133. The van der Waals surface area contributed by atoms with E-state index in [0.29, 0.717) is 18.7 Å². The van der Waals surface area contributed by atoms with E-state index in [1.54, 1.807) is 19.3 Å². The zero-order valence-corrected chi connectivity index (χ0v) is 17.9. The molecular formula is C25H24N4O3. The lowest BCUT2D eigenvalue weighted by Crippen LogP contribution is -2.24. The van der Waals surface area contributed by atoms with Crippen LogP contribution in [-0.2, 0) is 4.79 Å². The highest BCUT2D eigenvalue weighted by molar-refractivity contribution is 5.93. The van der Waals surface area contributed by atoms with Crippen LogP contribution in [0.5, 0.6) is 0 Å². The Bertz CT molecular complexity index is 1170. The largest absolute Gasteiger partial charge is 0.383 e. The minimum absolute atomic E-state index is 0.148. The number of benzene rings is 1. The van der Waals surface area contributed by atoms with E-state index < -0.39 is 12.0 Å². The van der Waals surface area contributed by atoms with Gasteiger partial charge in [-0.05, 0) is 49.2 Å². The quantitative estimate of drug-likeness (QED) is 0.623. The normalized spacial score (nSPS) is 15.0. The molecule has 3 aromatic rings. The van der Waals surface area contributed by atoms with Gasteiger partial charge in [0.1, 0.15) is 11.8 Å². The second kappa shape index (κ2) is 9.86. The topological polar surface area (TPSA) is 109 Å². The van der Waals surface area contributed by atoms with Crippen LogP contribution >= 0.6 is 0 Å². The maximum atomic E-state index is 11.7. The number of carbonyl (C=O) groups excluding carboxylic acids is 2. The van der Waals surface area contributed by atoms with E-state index in [1.807, 2.05) is 49.4 Å². The molecule has 3 N–H and O–H groups in total. The molecule has 162 valence electrons. The van der Waals surface area contributed by atoms with Crippen LogP contribution in [0.25, 0.3) is 22.4 Å². The van der Waals surface area contributed by atoms with E-state index in [9.17, 15) is 9.59 Å². The summed E-state index contributed by atoms with van der Waals surface area (Å²) in [6, 6.07) is 14.9. The monoisotopic (exact) mass is 428 g/mol. The minimum Gasteiger partial charge on any atom is -0.383 e. The molecule has 4 rings (SSSR count). The van der Waals surface area contributed by atoms with E-state index in [4.69, 9.17) is 17.3 Å². The summed E-state index contributed by atoms with van der Waals surface area (Å²) in [7, 11) is 1.69. The number of aromatic nitrogens is 2. The number of likely N-dealkylation sites (N-methyl/N-ethyl adjacent to an activating group) is 1. The average Bonchev–Trinajstić information content (AvgIpc) is 3.10. The Morgan fingerprint density at radius 1 is 1.19 bits per heavy atom. The molecule has 0 aliphatic carbocycles. The van der Waals surface area contributed by atoms with Crippen molar-refractivity contribution in [3.63, 3.8) is 0 Å². The van der Waals surface area contributed by atoms with Crippen molar-refractivity contribution in [2.45, 2.75) is 19.4 Å². The Morgan fingerprint density at radius 2 is 1.97 bits per heavy atom. The molecular weight excluding hydrogens is 404 g/mol. The van der Waals surface area contributed by atoms with Crippen molar-refractivity contribution in [2.75, 3.05) is 13.6 Å². The summed E-state index contributed by atoms with van der Waals surface area (Å²) in [4.78, 5) is 32.4. The standard InChI is InChI=1S/C20H15N3O.C5H9NO2/c1-3-14-5-4-6-15(9-14)18-10-17(11-19(23-18)20(21)24)16-8-7-13(2)22-12-16;1-6-3-2-4(7)5(6)8/h1,4-12H,2H3,(H2,21,24);4,7H,2-3H2,1H3/t;4-/m.0/s1. The number of hydrogen-bond acceptors (Lipinski definition) is 5. The molecule has 2 aromatic heterocycles. The smallest absolute Gasteiger partial charge is 0.267 e. The van der Waals surface area contributed by atoms with Crippen LogP contribution < -0.4 is 5.73 Å². The van der Waals surface area contributed by atoms with Crippen molar-refractivity contribution in [3.8, 4) is 34.7 Å². The van der Waals surface area contributed by atoms with Crippen LogP contribution in [-0.4, -0.2) is 51.5 Å². The second-order valence-electron chi connectivity index (χ2n) is 7.47. The van der Waals surface area contributed by atoms with Crippen molar-refractivity contribution in [1.82, 2.24) is 14.9 Å². The zero-order valence-electron chi connectivity index (χ0n) is 17.9. The third-order valence-electron chi connectivity index (χ3n) is 5.05. The Labute approximate surface area is 186 Å². The number of amides is 2. The highest BCUT2D eigenvalue weighted by Crippen LogP contribution is 2.26. The van der Waals surface area contributed by atoms with Crippen molar-refractivity contribution < 1.29 is 14.7 Å². The minimum atomic E-state index is -0.722. The molecule has 7 nitrogen and oxygen atoms in total. The highest BCUT2D eigenvalue weighted by Gasteiger charge is 2.26. The summed E-state index contributed by atoms with van der Waals surface area (Å²) in [5.41, 5.74) is 10.5. The molecule has 1 aliphatic rings. The first kappa shape index (κ1) is 22.7. The molecule has 1 saturated heterocycles. The molecule has 1 aliphatic heterocycles. The number of pyridine rings is 2. The predicted molar refractivity (Wildman–Crippen MR) is 122 cm³/mol. The first-order chi connectivity index (χ1) is 15.3. The molecule has 1 aromatic carbocycles. The highest BCUT2D eigenvalue weighted by atomic mass is 16.3. The van der Waals surface area contributed by atoms with Crippen molar-refractivity contribution in [3.05, 3.63) is 71.7 Å². The first-order valence-corrected chi connectivity index (χ1v) is 10.0. The van der Waals surface area contributed by atoms with Gasteiger partial charge in [-0.1, -0.05) is 24.1 Å². The van der Waals surface area contributed by atoms with Crippen LogP contribution in [0.3, 0.4) is 0 Å². The van der Waals surface area contributed by atoms with Crippen LogP contribution in [0.4, 0.5) is 0 Å². The number of aryl methyl sites for hydroxylation is 1. The molecule has 32 heavy (non-hydrogen) atoms. The molecule has 0 radical (unpaired) electrons. The molecule has 1 atom stereocenters. The number of terminal acetylenes is 1. The molecule has 3 heterocycles. The van der Waals surface area contributed by atoms with Crippen LogP contribution in [0.15, 0.2) is 54.7 Å². The number of rotatable bonds is 3. The van der Waals surface area contributed by atoms with Gasteiger partial charge in [-0.25, -0.2) is 4.98 Å². The third-order valence-corrected chi connectivity index (χ3v) is 5.05. The molecule has 0 spiro atoms. The average molecular weight is 428 g/mol. The number of aliphatic hydroxyl groups excluding tert-OH is 1. The first-order valence-electron chi connectivity index (χ1n) is 10.0. The van der Waals surface area contributed by atoms with E-state index >= 15 is 0 Å². The summed E-state index contributed by atoms with van der Waals surface area (Å²) in [6.45, 7) is 2.61. The van der Waals surface area contributed by atoms with Gasteiger partial charge >= 0.3 is 0 Å². The molecule has 1 fully saturated rings. The van der Waals surface area contributed by atoms with E-state index in [2.05, 4.69) is 15.9 Å². The molecule has 0 unspecified atom stereocenters. The van der Waals surface area contributed by atoms with Crippen LogP contribution in [0, 0.1) is 19.3 Å². The zero-order chi connectivity index (χ0) is 23.3. The second-order valence-corrected chi connectivity index (χ2v) is 7.47. The number of hydrogen-bond donors (Lipinski definition) is 2. The maximum absolute atomic E-state index is 11.7. The fourth-order valence-electron chi connectivity index (χ4n) is 3.18. The lowest BCUT2D eigenvalue weighted by atomic mass is 10.0. The van der Waals surface area contributed by atoms with Gasteiger partial charge in [0.05, 0.1) is 5.69 Å². The Kier molecular flexibility index (Phi) is 6.98. The van der Waals surface area contributed by atoms with Gasteiger partial charge in [-0.3, -0.25) is 14.6 Å². The Balaban J connectivity index is 0.000000305. The molecule has 2 amide bonds. The summed E-state index contributed by atoms with van der Waals surface area (Å²) in [5, 5.41) is 8.78. The fourth-order valence-corrected chi connectivity index (χ4v) is 3.18.